The molecule has 0 saturated heterocycles. The number of rotatable bonds is 5. The van der Waals surface area contributed by atoms with Crippen molar-refractivity contribution in [2.45, 2.75) is 6.92 Å². The van der Waals surface area contributed by atoms with Gasteiger partial charge in [-0.1, -0.05) is 11.6 Å². The van der Waals surface area contributed by atoms with Crippen LogP contribution in [0.1, 0.15) is 14.5 Å². The zero-order chi connectivity index (χ0) is 21.3. The lowest BCUT2D eigenvalue weighted by atomic mass is 10.1. The number of aromatic nitrogens is 1. The van der Waals surface area contributed by atoms with Crippen LogP contribution in [-0.2, 0) is 10.0 Å². The van der Waals surface area contributed by atoms with Gasteiger partial charge in [0.15, 0.2) is 5.82 Å². The third-order valence-corrected chi connectivity index (χ3v) is 5.54. The highest BCUT2D eigenvalue weighted by Gasteiger charge is 2.18. The van der Waals surface area contributed by atoms with E-state index >= 15 is 0 Å². The minimum absolute atomic E-state index is 0.0541. The molecule has 0 aliphatic carbocycles. The SMILES string of the molecule is Cc1sc(C(=O)Nc2cc(Cl)cc(NS(C)(=O)=O)c2)cc1-c1ncc(F)cc1F. The van der Waals surface area contributed by atoms with Gasteiger partial charge in [-0.05, 0) is 31.2 Å². The van der Waals surface area contributed by atoms with Crippen molar-refractivity contribution in [1.82, 2.24) is 4.98 Å². The Morgan fingerprint density at radius 3 is 2.48 bits per heavy atom. The Morgan fingerprint density at radius 1 is 1.14 bits per heavy atom. The van der Waals surface area contributed by atoms with E-state index in [0.29, 0.717) is 10.4 Å². The third-order valence-electron chi connectivity index (χ3n) is 3.66. The van der Waals surface area contributed by atoms with Gasteiger partial charge in [-0.2, -0.15) is 0 Å². The summed E-state index contributed by atoms with van der Waals surface area (Å²) in [6.07, 6.45) is 1.89. The first kappa shape index (κ1) is 21.2. The molecule has 0 fully saturated rings. The number of nitrogens with one attached hydrogen (secondary N) is 2. The summed E-state index contributed by atoms with van der Waals surface area (Å²) in [5.74, 6) is -2.12. The molecule has 6 nitrogen and oxygen atoms in total. The highest BCUT2D eigenvalue weighted by Crippen LogP contribution is 2.32. The predicted molar refractivity (Wildman–Crippen MR) is 110 cm³/mol. The third kappa shape index (κ3) is 5.28. The molecule has 0 saturated carbocycles. The van der Waals surface area contributed by atoms with E-state index in [1.54, 1.807) is 6.92 Å². The molecule has 29 heavy (non-hydrogen) atoms. The van der Waals surface area contributed by atoms with Crippen LogP contribution in [0, 0.1) is 18.6 Å². The lowest BCUT2D eigenvalue weighted by molar-refractivity contribution is 0.103. The van der Waals surface area contributed by atoms with E-state index < -0.39 is 27.6 Å². The molecule has 11 heteroatoms. The molecule has 1 amide bonds. The van der Waals surface area contributed by atoms with Crippen molar-refractivity contribution in [2.24, 2.45) is 0 Å². The number of carbonyl (C=O) groups excluding carboxylic acids is 1. The van der Waals surface area contributed by atoms with Crippen LogP contribution in [0.3, 0.4) is 0 Å². The standard InChI is InChI=1S/C18H14ClF2N3O3S2/c1-9-14(17-15(21)5-11(20)8-22-17)7-16(28-9)18(25)23-12-3-10(19)4-13(6-12)24-29(2,26)27/h3-8,24H,1-2H3,(H,23,25). The molecular formula is C18H14ClF2N3O3S2. The summed E-state index contributed by atoms with van der Waals surface area (Å²) in [6, 6.07) is 6.44. The van der Waals surface area contributed by atoms with Gasteiger partial charge in [0, 0.05) is 27.2 Å². The second-order valence-corrected chi connectivity index (χ2v) is 9.56. The van der Waals surface area contributed by atoms with E-state index in [9.17, 15) is 22.0 Å². The maximum atomic E-state index is 14.0. The number of nitrogens with zero attached hydrogens (tertiary/aromatic N) is 1. The minimum atomic E-state index is -3.52. The molecule has 2 aromatic heterocycles. The fourth-order valence-corrected chi connectivity index (χ4v) is 4.27. The number of amides is 1. The molecule has 2 N–H and O–H groups in total. The lowest BCUT2D eigenvalue weighted by Gasteiger charge is -2.09. The molecule has 3 rings (SSSR count). The summed E-state index contributed by atoms with van der Waals surface area (Å²) in [7, 11) is -3.52. The van der Waals surface area contributed by atoms with Crippen molar-refractivity contribution in [1.29, 1.82) is 0 Å². The van der Waals surface area contributed by atoms with Gasteiger partial charge in [0.05, 0.1) is 23.0 Å². The first-order valence-corrected chi connectivity index (χ1v) is 11.1. The van der Waals surface area contributed by atoms with Crippen LogP contribution in [0.25, 0.3) is 11.3 Å². The molecule has 0 atom stereocenters. The van der Waals surface area contributed by atoms with Crippen LogP contribution in [0.5, 0.6) is 0 Å². The van der Waals surface area contributed by atoms with Crippen LogP contribution < -0.4 is 10.0 Å². The van der Waals surface area contributed by atoms with Crippen molar-refractivity contribution in [3.63, 3.8) is 0 Å². The average molecular weight is 458 g/mol. The van der Waals surface area contributed by atoms with Gasteiger partial charge in [0.1, 0.15) is 11.5 Å². The quantitative estimate of drug-likeness (QED) is 0.582. The summed E-state index contributed by atoms with van der Waals surface area (Å²) < 4.78 is 52.2. The Morgan fingerprint density at radius 2 is 1.83 bits per heavy atom. The topological polar surface area (TPSA) is 88.2 Å². The smallest absolute Gasteiger partial charge is 0.265 e. The highest BCUT2D eigenvalue weighted by atomic mass is 35.5. The van der Waals surface area contributed by atoms with Crippen molar-refractivity contribution in [2.75, 3.05) is 16.3 Å². The number of pyridine rings is 1. The molecule has 0 aliphatic rings. The van der Waals surface area contributed by atoms with Crippen molar-refractivity contribution >= 4 is 50.2 Å². The molecule has 2 heterocycles. The summed E-state index contributed by atoms with van der Waals surface area (Å²) in [4.78, 5) is 17.3. The van der Waals surface area contributed by atoms with Gasteiger partial charge in [-0.3, -0.25) is 14.5 Å². The molecule has 0 aliphatic heterocycles. The number of aryl methyl sites for hydroxylation is 1. The Hall–Kier alpha value is -2.56. The largest absolute Gasteiger partial charge is 0.321 e. The van der Waals surface area contributed by atoms with E-state index in [1.165, 1.54) is 24.3 Å². The maximum absolute atomic E-state index is 14.0. The van der Waals surface area contributed by atoms with Gasteiger partial charge >= 0.3 is 0 Å². The van der Waals surface area contributed by atoms with E-state index in [1.807, 2.05) is 0 Å². The Balaban J connectivity index is 1.87. The van der Waals surface area contributed by atoms with Gasteiger partial charge in [0.2, 0.25) is 10.0 Å². The summed E-state index contributed by atoms with van der Waals surface area (Å²) >= 11 is 7.09. The average Bonchev–Trinajstić information content (AvgIpc) is 2.94. The first-order chi connectivity index (χ1) is 13.5. The molecule has 152 valence electrons. The highest BCUT2D eigenvalue weighted by molar-refractivity contribution is 7.92. The number of hydrogen-bond donors (Lipinski definition) is 2. The van der Waals surface area contributed by atoms with E-state index in [-0.39, 0.29) is 27.0 Å². The van der Waals surface area contributed by atoms with E-state index in [0.717, 1.165) is 29.9 Å². The number of halogens is 3. The predicted octanol–water partition coefficient (Wildman–Crippen LogP) is 4.67. The summed E-state index contributed by atoms with van der Waals surface area (Å²) in [6.45, 7) is 1.69. The number of hydrogen-bond acceptors (Lipinski definition) is 5. The van der Waals surface area contributed by atoms with Crippen LogP contribution in [-0.4, -0.2) is 25.6 Å². The molecule has 1 aromatic carbocycles. The lowest BCUT2D eigenvalue weighted by Crippen LogP contribution is -2.12. The van der Waals surface area contributed by atoms with Crippen molar-refractivity contribution < 1.29 is 22.0 Å². The molecule has 0 bridgehead atoms. The monoisotopic (exact) mass is 457 g/mol. The number of sulfonamides is 1. The van der Waals surface area contributed by atoms with Crippen molar-refractivity contribution in [3.05, 3.63) is 62.9 Å². The second-order valence-electron chi connectivity index (χ2n) is 6.12. The number of benzene rings is 1. The first-order valence-electron chi connectivity index (χ1n) is 8.03. The van der Waals surface area contributed by atoms with Gasteiger partial charge in [-0.25, -0.2) is 17.2 Å². The van der Waals surface area contributed by atoms with E-state index in [2.05, 4.69) is 15.0 Å². The van der Waals surface area contributed by atoms with Crippen LogP contribution in [0.15, 0.2) is 36.5 Å². The van der Waals surface area contributed by atoms with Crippen LogP contribution in [0.4, 0.5) is 20.2 Å². The zero-order valence-corrected chi connectivity index (χ0v) is 17.5. The van der Waals surface area contributed by atoms with Gasteiger partial charge in [-0.15, -0.1) is 11.3 Å². The molecule has 0 unspecified atom stereocenters. The van der Waals surface area contributed by atoms with Crippen LogP contribution in [0.2, 0.25) is 5.02 Å². The van der Waals surface area contributed by atoms with Gasteiger partial charge < -0.3 is 5.32 Å². The second kappa shape index (κ2) is 8.05. The van der Waals surface area contributed by atoms with Gasteiger partial charge in [0.25, 0.3) is 5.91 Å². The molecular weight excluding hydrogens is 444 g/mol. The normalized spacial score (nSPS) is 11.3. The summed E-state index contributed by atoms with van der Waals surface area (Å²) in [5.41, 5.74) is 0.785. The number of anilines is 2. The number of carbonyl (C=O) groups is 1. The Kier molecular flexibility index (Phi) is 5.87. The zero-order valence-electron chi connectivity index (χ0n) is 15.1. The maximum Gasteiger partial charge on any atom is 0.265 e. The number of thiophene rings is 1. The Labute approximate surface area is 174 Å². The molecule has 0 radical (unpaired) electrons. The molecule has 3 aromatic rings. The van der Waals surface area contributed by atoms with Crippen LogP contribution >= 0.6 is 22.9 Å². The fraction of sp³-hybridized carbons (Fsp3) is 0.111. The Bertz CT molecular complexity index is 1210. The van der Waals surface area contributed by atoms with E-state index in [4.69, 9.17) is 11.6 Å². The summed E-state index contributed by atoms with van der Waals surface area (Å²) in [5, 5.41) is 2.84. The fourth-order valence-electron chi connectivity index (χ4n) is 2.57. The van der Waals surface area contributed by atoms with Crippen molar-refractivity contribution in [3.8, 4) is 11.3 Å². The molecule has 0 spiro atoms. The minimum Gasteiger partial charge on any atom is -0.321 e.